The van der Waals surface area contributed by atoms with Gasteiger partial charge in [-0.25, -0.2) is 13.2 Å². The topological polar surface area (TPSA) is 88.3 Å². The molecule has 6 nitrogen and oxygen atoms in total. The molecule has 0 saturated heterocycles. The van der Waals surface area contributed by atoms with E-state index in [1.54, 1.807) is 13.8 Å². The average molecular weight is 286 g/mol. The van der Waals surface area contributed by atoms with E-state index in [2.05, 4.69) is 9.71 Å². The van der Waals surface area contributed by atoms with Gasteiger partial charge in [-0.3, -0.25) is 4.72 Å². The fourth-order valence-corrected chi connectivity index (χ4v) is 3.41. The average Bonchev–Trinajstić information content (AvgIpc) is 3.02. The maximum absolute atomic E-state index is 11.9. The van der Waals surface area contributed by atoms with Gasteiger partial charge in [-0.1, -0.05) is 0 Å². The van der Waals surface area contributed by atoms with Gasteiger partial charge >= 0.3 is 5.97 Å². The third kappa shape index (κ3) is 3.50. The minimum atomic E-state index is -3.41. The molecule has 0 radical (unpaired) electrons. The molecule has 0 aliphatic heterocycles. The molecule has 1 aliphatic rings. The van der Waals surface area contributed by atoms with Gasteiger partial charge in [-0.2, -0.15) is 0 Å². The Bertz CT molecular complexity index is 573. The molecule has 0 amide bonds. The Morgan fingerprint density at radius 3 is 2.79 bits per heavy atom. The first kappa shape index (κ1) is 13.9. The number of hydrogen-bond donors (Lipinski definition) is 2. The van der Waals surface area contributed by atoms with E-state index in [9.17, 15) is 13.2 Å². The van der Waals surface area contributed by atoms with Crippen LogP contribution in [0.1, 0.15) is 35.8 Å². The highest BCUT2D eigenvalue weighted by Gasteiger charge is 2.29. The number of nitrogens with one attached hydrogen (secondary N) is 2. The first-order valence-corrected chi connectivity index (χ1v) is 7.93. The Morgan fingerprint density at radius 2 is 2.21 bits per heavy atom. The molecule has 1 aliphatic carbocycles. The van der Waals surface area contributed by atoms with E-state index in [-0.39, 0.29) is 29.5 Å². The summed E-state index contributed by atoms with van der Waals surface area (Å²) in [6.07, 6.45) is 3.39. The van der Waals surface area contributed by atoms with Crippen molar-refractivity contribution in [3.05, 3.63) is 17.5 Å². The molecule has 0 spiro atoms. The number of aromatic amines is 1. The minimum absolute atomic E-state index is 0.111. The molecule has 106 valence electrons. The van der Waals surface area contributed by atoms with Crippen molar-refractivity contribution in [2.75, 3.05) is 17.1 Å². The molecule has 0 bridgehead atoms. The molecule has 0 atom stereocenters. The first-order chi connectivity index (χ1) is 8.93. The highest BCUT2D eigenvalue weighted by atomic mass is 32.2. The van der Waals surface area contributed by atoms with Crippen LogP contribution in [0, 0.1) is 12.8 Å². The molecule has 0 aromatic carbocycles. The fraction of sp³-hybridized carbons (Fsp3) is 0.583. The van der Waals surface area contributed by atoms with Gasteiger partial charge in [0, 0.05) is 11.9 Å². The third-order valence-electron chi connectivity index (χ3n) is 2.97. The molecule has 1 saturated carbocycles. The second-order valence-electron chi connectivity index (χ2n) is 4.75. The Morgan fingerprint density at radius 1 is 1.53 bits per heavy atom. The van der Waals surface area contributed by atoms with Crippen LogP contribution in [0.25, 0.3) is 0 Å². The number of esters is 1. The predicted octanol–water partition coefficient (Wildman–Crippen LogP) is 1.65. The fourth-order valence-electron chi connectivity index (χ4n) is 1.88. The zero-order valence-corrected chi connectivity index (χ0v) is 11.8. The van der Waals surface area contributed by atoms with Crippen molar-refractivity contribution < 1.29 is 17.9 Å². The van der Waals surface area contributed by atoms with Gasteiger partial charge in [0.1, 0.15) is 5.56 Å². The van der Waals surface area contributed by atoms with Gasteiger partial charge in [0.2, 0.25) is 10.0 Å². The number of H-pyrrole nitrogens is 1. The summed E-state index contributed by atoms with van der Waals surface area (Å²) in [5, 5.41) is 0. The van der Waals surface area contributed by atoms with Crippen LogP contribution in [0.5, 0.6) is 0 Å². The number of aromatic nitrogens is 1. The number of sulfonamides is 1. The van der Waals surface area contributed by atoms with E-state index < -0.39 is 16.0 Å². The summed E-state index contributed by atoms with van der Waals surface area (Å²) in [4.78, 5) is 14.6. The lowest BCUT2D eigenvalue weighted by atomic mass is 10.2. The number of carbonyl (C=O) groups excluding carboxylic acids is 1. The van der Waals surface area contributed by atoms with Gasteiger partial charge < -0.3 is 9.72 Å². The zero-order chi connectivity index (χ0) is 14.0. The second kappa shape index (κ2) is 5.24. The quantitative estimate of drug-likeness (QED) is 0.778. The van der Waals surface area contributed by atoms with Crippen molar-refractivity contribution in [3.8, 4) is 0 Å². The molecule has 1 aromatic heterocycles. The third-order valence-corrected chi connectivity index (χ3v) is 4.42. The van der Waals surface area contributed by atoms with E-state index in [0.29, 0.717) is 5.69 Å². The smallest absolute Gasteiger partial charge is 0.342 e. The monoisotopic (exact) mass is 286 g/mol. The number of anilines is 1. The molecule has 1 heterocycles. The number of aryl methyl sites for hydroxylation is 1. The molecular formula is C12H18N2O4S. The van der Waals surface area contributed by atoms with Crippen LogP contribution in [0.4, 0.5) is 5.69 Å². The van der Waals surface area contributed by atoms with E-state index in [0.717, 1.165) is 12.8 Å². The van der Waals surface area contributed by atoms with Gasteiger partial charge in [-0.05, 0) is 32.6 Å². The summed E-state index contributed by atoms with van der Waals surface area (Å²) >= 11 is 0. The zero-order valence-electron chi connectivity index (χ0n) is 11.0. The lowest BCUT2D eigenvalue weighted by Crippen LogP contribution is -2.19. The lowest BCUT2D eigenvalue weighted by molar-refractivity contribution is 0.0527. The Labute approximate surface area is 112 Å². The maximum Gasteiger partial charge on any atom is 0.342 e. The van der Waals surface area contributed by atoms with E-state index in [4.69, 9.17) is 4.74 Å². The van der Waals surface area contributed by atoms with Crippen molar-refractivity contribution >= 4 is 21.7 Å². The highest BCUT2D eigenvalue weighted by molar-refractivity contribution is 7.92. The van der Waals surface area contributed by atoms with E-state index in [1.807, 2.05) is 0 Å². The van der Waals surface area contributed by atoms with Crippen LogP contribution in [0.2, 0.25) is 0 Å². The summed E-state index contributed by atoms with van der Waals surface area (Å²) in [5.74, 6) is -0.159. The Balaban J connectivity index is 2.18. The summed E-state index contributed by atoms with van der Waals surface area (Å²) in [6.45, 7) is 3.65. The number of ether oxygens (including phenoxy) is 1. The Kier molecular flexibility index (Phi) is 3.84. The number of hydrogen-bond acceptors (Lipinski definition) is 4. The largest absolute Gasteiger partial charge is 0.462 e. The lowest BCUT2D eigenvalue weighted by Gasteiger charge is -2.08. The highest BCUT2D eigenvalue weighted by Crippen LogP contribution is 2.31. The minimum Gasteiger partial charge on any atom is -0.462 e. The molecular weight excluding hydrogens is 268 g/mol. The van der Waals surface area contributed by atoms with Crippen molar-refractivity contribution in [2.24, 2.45) is 5.92 Å². The van der Waals surface area contributed by atoms with E-state index in [1.165, 1.54) is 6.20 Å². The van der Waals surface area contributed by atoms with Gasteiger partial charge in [-0.15, -0.1) is 0 Å². The second-order valence-corrected chi connectivity index (χ2v) is 6.52. The van der Waals surface area contributed by atoms with Crippen LogP contribution in [0.15, 0.2) is 6.20 Å². The van der Waals surface area contributed by atoms with Crippen LogP contribution in [-0.2, 0) is 14.8 Å². The molecule has 0 unspecified atom stereocenters. The molecule has 1 aromatic rings. The Hall–Kier alpha value is -1.50. The van der Waals surface area contributed by atoms with Gasteiger partial charge in [0.25, 0.3) is 0 Å². The SMILES string of the molecule is CCOC(=O)c1c(NS(=O)(=O)CC2CC2)c[nH]c1C. The van der Waals surface area contributed by atoms with E-state index >= 15 is 0 Å². The number of rotatable bonds is 6. The summed E-state index contributed by atoms with van der Waals surface area (Å²) in [6, 6.07) is 0. The summed E-state index contributed by atoms with van der Waals surface area (Å²) in [5.41, 5.74) is 1.10. The van der Waals surface area contributed by atoms with Crippen molar-refractivity contribution in [1.82, 2.24) is 4.98 Å². The number of carbonyl (C=O) groups is 1. The van der Waals surface area contributed by atoms with Crippen LogP contribution in [0.3, 0.4) is 0 Å². The normalized spacial score (nSPS) is 15.3. The molecule has 1 fully saturated rings. The van der Waals surface area contributed by atoms with Crippen LogP contribution >= 0.6 is 0 Å². The van der Waals surface area contributed by atoms with Crippen molar-refractivity contribution in [1.29, 1.82) is 0 Å². The van der Waals surface area contributed by atoms with Crippen LogP contribution < -0.4 is 4.72 Å². The standard InChI is InChI=1S/C12H18N2O4S/c1-3-18-12(15)11-8(2)13-6-10(11)14-19(16,17)7-9-4-5-9/h6,9,13-14H,3-5,7H2,1-2H3. The van der Waals surface area contributed by atoms with Crippen molar-refractivity contribution in [2.45, 2.75) is 26.7 Å². The molecule has 7 heteroatoms. The first-order valence-electron chi connectivity index (χ1n) is 6.28. The van der Waals surface area contributed by atoms with Crippen LogP contribution in [-0.4, -0.2) is 31.7 Å². The molecule has 2 N–H and O–H groups in total. The van der Waals surface area contributed by atoms with Crippen molar-refractivity contribution in [3.63, 3.8) is 0 Å². The maximum atomic E-state index is 11.9. The summed E-state index contributed by atoms with van der Waals surface area (Å²) < 4.78 is 31.2. The van der Waals surface area contributed by atoms with Gasteiger partial charge in [0.05, 0.1) is 18.0 Å². The molecule has 2 rings (SSSR count). The molecule has 19 heavy (non-hydrogen) atoms. The predicted molar refractivity (Wildman–Crippen MR) is 71.6 cm³/mol. The van der Waals surface area contributed by atoms with Gasteiger partial charge in [0.15, 0.2) is 0 Å². The summed E-state index contributed by atoms with van der Waals surface area (Å²) in [7, 11) is -3.41.